The molecule has 4 heteroatoms. The van der Waals surface area contributed by atoms with Crippen molar-refractivity contribution in [3.05, 3.63) is 23.7 Å². The highest BCUT2D eigenvalue weighted by molar-refractivity contribution is 5.72. The Morgan fingerprint density at radius 2 is 2.40 bits per heavy atom. The lowest BCUT2D eigenvalue weighted by Gasteiger charge is -2.26. The van der Waals surface area contributed by atoms with Gasteiger partial charge >= 0.3 is 5.97 Å². The number of aryl methyl sites for hydroxylation is 1. The van der Waals surface area contributed by atoms with Crippen LogP contribution in [0, 0.1) is 12.8 Å². The molecule has 15 heavy (non-hydrogen) atoms. The minimum Gasteiger partial charge on any atom is -0.481 e. The molecule has 2 rings (SSSR count). The van der Waals surface area contributed by atoms with E-state index in [0.717, 1.165) is 5.76 Å². The van der Waals surface area contributed by atoms with Gasteiger partial charge in [-0.05, 0) is 38.9 Å². The Hall–Kier alpha value is -1.29. The van der Waals surface area contributed by atoms with E-state index in [0.29, 0.717) is 18.7 Å². The zero-order valence-electron chi connectivity index (χ0n) is 8.91. The van der Waals surface area contributed by atoms with Gasteiger partial charge in [0.25, 0.3) is 0 Å². The highest BCUT2D eigenvalue weighted by Gasteiger charge is 2.46. The molecule has 1 aliphatic rings. The van der Waals surface area contributed by atoms with Crippen LogP contribution >= 0.6 is 0 Å². The van der Waals surface area contributed by atoms with Crippen LogP contribution in [0.3, 0.4) is 0 Å². The summed E-state index contributed by atoms with van der Waals surface area (Å²) in [6.07, 6.45) is 0.644. The van der Waals surface area contributed by atoms with Crippen LogP contribution in [-0.2, 0) is 10.3 Å². The van der Waals surface area contributed by atoms with Crippen molar-refractivity contribution in [2.75, 3.05) is 6.54 Å². The number of carbonyl (C=O) groups is 1. The molecule has 82 valence electrons. The largest absolute Gasteiger partial charge is 0.481 e. The summed E-state index contributed by atoms with van der Waals surface area (Å²) < 4.78 is 5.52. The fraction of sp³-hybridized carbons (Fsp3) is 0.545. The van der Waals surface area contributed by atoms with Gasteiger partial charge < -0.3 is 14.8 Å². The third-order valence-corrected chi connectivity index (χ3v) is 3.17. The predicted molar refractivity (Wildman–Crippen MR) is 54.5 cm³/mol. The first-order valence-electron chi connectivity index (χ1n) is 5.09. The molecular weight excluding hydrogens is 194 g/mol. The molecule has 2 N–H and O–H groups in total. The zero-order valence-corrected chi connectivity index (χ0v) is 8.91. The first-order valence-corrected chi connectivity index (χ1v) is 5.09. The SMILES string of the molecule is Cc1ccc(C2(C)NCCC2C(=O)O)o1. The molecule has 2 heterocycles. The van der Waals surface area contributed by atoms with E-state index in [1.807, 2.05) is 26.0 Å². The van der Waals surface area contributed by atoms with Crippen LogP contribution in [0.1, 0.15) is 24.9 Å². The number of carboxylic acid groups (broad SMARTS) is 1. The summed E-state index contributed by atoms with van der Waals surface area (Å²) in [5.41, 5.74) is -0.569. The van der Waals surface area contributed by atoms with Gasteiger partial charge in [0.2, 0.25) is 0 Å². The summed E-state index contributed by atoms with van der Waals surface area (Å²) in [5, 5.41) is 12.4. The van der Waals surface area contributed by atoms with E-state index < -0.39 is 17.4 Å². The van der Waals surface area contributed by atoms with Gasteiger partial charge in [0.1, 0.15) is 11.5 Å². The van der Waals surface area contributed by atoms with E-state index in [1.165, 1.54) is 0 Å². The molecule has 0 aromatic carbocycles. The van der Waals surface area contributed by atoms with Gasteiger partial charge in [-0.15, -0.1) is 0 Å². The molecule has 2 unspecified atom stereocenters. The minimum atomic E-state index is -0.767. The number of carboxylic acids is 1. The number of hydrogen-bond donors (Lipinski definition) is 2. The Bertz CT molecular complexity index is 385. The normalized spacial score (nSPS) is 30.7. The molecule has 1 aromatic heterocycles. The van der Waals surface area contributed by atoms with Gasteiger partial charge in [0.05, 0.1) is 11.5 Å². The van der Waals surface area contributed by atoms with Crippen molar-refractivity contribution in [3.63, 3.8) is 0 Å². The molecule has 1 saturated heterocycles. The maximum absolute atomic E-state index is 11.1. The second kappa shape index (κ2) is 3.38. The molecule has 4 nitrogen and oxygen atoms in total. The summed E-state index contributed by atoms with van der Waals surface area (Å²) in [4.78, 5) is 11.1. The van der Waals surface area contributed by atoms with E-state index in [9.17, 15) is 4.79 Å². The summed E-state index contributed by atoms with van der Waals surface area (Å²) in [6.45, 7) is 4.46. The second-order valence-corrected chi connectivity index (χ2v) is 4.22. The Balaban J connectivity index is 2.36. The fourth-order valence-electron chi connectivity index (χ4n) is 2.23. The van der Waals surface area contributed by atoms with E-state index in [-0.39, 0.29) is 0 Å². The van der Waals surface area contributed by atoms with E-state index in [4.69, 9.17) is 9.52 Å². The molecule has 0 spiro atoms. The molecule has 1 fully saturated rings. The first kappa shape index (κ1) is 10.2. The van der Waals surface area contributed by atoms with E-state index in [2.05, 4.69) is 5.32 Å². The summed E-state index contributed by atoms with van der Waals surface area (Å²) >= 11 is 0. The minimum absolute atomic E-state index is 0.414. The fourth-order valence-corrected chi connectivity index (χ4v) is 2.23. The third kappa shape index (κ3) is 1.55. The van der Waals surface area contributed by atoms with Crippen LogP contribution in [-0.4, -0.2) is 17.6 Å². The molecule has 0 saturated carbocycles. The average Bonchev–Trinajstić information content (AvgIpc) is 2.72. The van der Waals surface area contributed by atoms with Crippen molar-refractivity contribution < 1.29 is 14.3 Å². The lowest BCUT2D eigenvalue weighted by Crippen LogP contribution is -2.41. The topological polar surface area (TPSA) is 62.5 Å². The van der Waals surface area contributed by atoms with Gasteiger partial charge in [-0.3, -0.25) is 4.79 Å². The van der Waals surface area contributed by atoms with Crippen LogP contribution in [0.4, 0.5) is 0 Å². The van der Waals surface area contributed by atoms with Crippen molar-refractivity contribution in [2.45, 2.75) is 25.8 Å². The second-order valence-electron chi connectivity index (χ2n) is 4.22. The van der Waals surface area contributed by atoms with Crippen molar-refractivity contribution in [2.24, 2.45) is 5.92 Å². The van der Waals surface area contributed by atoms with Crippen LogP contribution in [0.15, 0.2) is 16.5 Å². The maximum atomic E-state index is 11.1. The number of rotatable bonds is 2. The maximum Gasteiger partial charge on any atom is 0.308 e. The summed E-state index contributed by atoms with van der Waals surface area (Å²) in [7, 11) is 0. The van der Waals surface area contributed by atoms with E-state index in [1.54, 1.807) is 0 Å². The van der Waals surface area contributed by atoms with Crippen molar-refractivity contribution >= 4 is 5.97 Å². The van der Waals surface area contributed by atoms with Crippen LogP contribution in [0.5, 0.6) is 0 Å². The number of nitrogens with one attached hydrogen (secondary N) is 1. The molecule has 1 aliphatic heterocycles. The molecular formula is C11H15NO3. The molecule has 2 atom stereocenters. The number of aliphatic carboxylic acids is 1. The molecule has 0 bridgehead atoms. The number of furan rings is 1. The Labute approximate surface area is 88.3 Å². The summed E-state index contributed by atoms with van der Waals surface area (Å²) in [6, 6.07) is 3.71. The Morgan fingerprint density at radius 3 is 2.93 bits per heavy atom. The smallest absolute Gasteiger partial charge is 0.308 e. The lowest BCUT2D eigenvalue weighted by molar-refractivity contribution is -0.143. The van der Waals surface area contributed by atoms with Gasteiger partial charge in [-0.1, -0.05) is 0 Å². The lowest BCUT2D eigenvalue weighted by atomic mass is 9.85. The van der Waals surface area contributed by atoms with Crippen LogP contribution in [0.2, 0.25) is 0 Å². The average molecular weight is 209 g/mol. The molecule has 0 aliphatic carbocycles. The van der Waals surface area contributed by atoms with Crippen molar-refractivity contribution in [1.82, 2.24) is 5.32 Å². The summed E-state index contributed by atoms with van der Waals surface area (Å²) in [5.74, 6) is 0.341. The Morgan fingerprint density at radius 1 is 1.67 bits per heavy atom. The monoisotopic (exact) mass is 209 g/mol. The zero-order chi connectivity index (χ0) is 11.1. The molecule has 0 radical (unpaired) electrons. The molecule has 1 aromatic rings. The van der Waals surface area contributed by atoms with Gasteiger partial charge in [-0.25, -0.2) is 0 Å². The van der Waals surface area contributed by atoms with Crippen molar-refractivity contribution in [3.8, 4) is 0 Å². The van der Waals surface area contributed by atoms with E-state index >= 15 is 0 Å². The standard InChI is InChI=1S/C11H15NO3/c1-7-3-4-9(15-7)11(2)8(10(13)14)5-6-12-11/h3-4,8,12H,5-6H2,1-2H3,(H,13,14). The number of hydrogen-bond acceptors (Lipinski definition) is 3. The first-order chi connectivity index (χ1) is 7.04. The van der Waals surface area contributed by atoms with Crippen LogP contribution in [0.25, 0.3) is 0 Å². The highest BCUT2D eigenvalue weighted by Crippen LogP contribution is 2.36. The third-order valence-electron chi connectivity index (χ3n) is 3.17. The van der Waals surface area contributed by atoms with Gasteiger partial charge in [-0.2, -0.15) is 0 Å². The quantitative estimate of drug-likeness (QED) is 0.774. The van der Waals surface area contributed by atoms with Gasteiger partial charge in [0.15, 0.2) is 0 Å². The Kier molecular flexibility index (Phi) is 2.31. The van der Waals surface area contributed by atoms with Crippen molar-refractivity contribution in [1.29, 1.82) is 0 Å². The van der Waals surface area contributed by atoms with Gasteiger partial charge in [0, 0.05) is 0 Å². The predicted octanol–water partition coefficient (Wildman–Crippen LogP) is 1.50. The highest BCUT2D eigenvalue weighted by atomic mass is 16.4. The molecule has 0 amide bonds. The van der Waals surface area contributed by atoms with Crippen LogP contribution < -0.4 is 5.32 Å².